The first kappa shape index (κ1) is 12.1. The van der Waals surface area contributed by atoms with Crippen LogP contribution in [0, 0.1) is 0 Å². The molecule has 1 heteroatoms. The molecule has 0 saturated heterocycles. The molecule has 0 bridgehead atoms. The first-order chi connectivity index (χ1) is 8.88. The molecule has 0 aliphatic carbocycles. The summed E-state index contributed by atoms with van der Waals surface area (Å²) in [6.07, 6.45) is 8.90. The van der Waals surface area contributed by atoms with Crippen LogP contribution in [0.4, 0.5) is 0 Å². The fraction of sp³-hybridized carbons (Fsp3) is 0. The Hall–Kier alpha value is -2.41. The van der Waals surface area contributed by atoms with Gasteiger partial charge in [0.15, 0.2) is 0 Å². The summed E-state index contributed by atoms with van der Waals surface area (Å²) < 4.78 is 0. The van der Waals surface area contributed by atoms with Gasteiger partial charge in [-0.3, -0.25) is 4.79 Å². The number of hydrogen-bond acceptors (Lipinski definition) is 1. The number of carbonyl (C=O) groups excluding carboxylic acids is 1. The minimum Gasteiger partial charge on any atom is -0.298 e. The van der Waals surface area contributed by atoms with Crippen LogP contribution in [0.2, 0.25) is 0 Å². The van der Waals surface area contributed by atoms with E-state index >= 15 is 0 Å². The SMILES string of the molecule is O=Cc1ccc(C=CC=Cc2ccccc2)cc1. The minimum absolute atomic E-state index is 0.701. The van der Waals surface area contributed by atoms with Crippen molar-refractivity contribution in [3.05, 3.63) is 83.4 Å². The average Bonchev–Trinajstić information content (AvgIpc) is 2.45. The lowest BCUT2D eigenvalue weighted by Gasteiger charge is -1.93. The molecule has 0 heterocycles. The van der Waals surface area contributed by atoms with Gasteiger partial charge in [-0.05, 0) is 11.1 Å². The van der Waals surface area contributed by atoms with Gasteiger partial charge in [-0.25, -0.2) is 0 Å². The van der Waals surface area contributed by atoms with Crippen molar-refractivity contribution < 1.29 is 4.79 Å². The monoisotopic (exact) mass is 234 g/mol. The molecular weight excluding hydrogens is 220 g/mol. The summed E-state index contributed by atoms with van der Waals surface area (Å²) in [7, 11) is 0. The number of rotatable bonds is 4. The van der Waals surface area contributed by atoms with Crippen molar-refractivity contribution in [2.45, 2.75) is 0 Å². The van der Waals surface area contributed by atoms with Crippen LogP contribution in [0.3, 0.4) is 0 Å². The van der Waals surface area contributed by atoms with E-state index in [1.54, 1.807) is 0 Å². The van der Waals surface area contributed by atoms with Crippen LogP contribution in [0.25, 0.3) is 12.2 Å². The maximum absolute atomic E-state index is 10.5. The van der Waals surface area contributed by atoms with Gasteiger partial charge in [0.25, 0.3) is 0 Å². The van der Waals surface area contributed by atoms with Crippen LogP contribution in [0.15, 0.2) is 66.7 Å². The van der Waals surface area contributed by atoms with Gasteiger partial charge in [0.1, 0.15) is 6.29 Å². The molecule has 2 rings (SSSR count). The van der Waals surface area contributed by atoms with Crippen LogP contribution in [0.5, 0.6) is 0 Å². The van der Waals surface area contributed by atoms with E-state index in [1.807, 2.05) is 60.7 Å². The zero-order valence-electron chi connectivity index (χ0n) is 9.99. The van der Waals surface area contributed by atoms with Crippen molar-refractivity contribution in [3.8, 4) is 0 Å². The molecule has 0 amide bonds. The molecule has 0 N–H and O–H groups in total. The highest BCUT2D eigenvalue weighted by Gasteiger charge is 1.88. The maximum atomic E-state index is 10.5. The van der Waals surface area contributed by atoms with Gasteiger partial charge >= 0.3 is 0 Å². The van der Waals surface area contributed by atoms with Crippen molar-refractivity contribution in [1.29, 1.82) is 0 Å². The zero-order valence-corrected chi connectivity index (χ0v) is 9.99. The van der Waals surface area contributed by atoms with Gasteiger partial charge in [-0.2, -0.15) is 0 Å². The average molecular weight is 234 g/mol. The summed E-state index contributed by atoms with van der Waals surface area (Å²) in [5.74, 6) is 0. The van der Waals surface area contributed by atoms with Gasteiger partial charge in [-0.15, -0.1) is 0 Å². The number of allylic oxidation sites excluding steroid dienone is 2. The number of carbonyl (C=O) groups is 1. The Kier molecular flexibility index (Phi) is 4.26. The molecule has 0 radical (unpaired) electrons. The third-order valence-electron chi connectivity index (χ3n) is 2.56. The molecule has 0 aliphatic rings. The Morgan fingerprint density at radius 2 is 1.11 bits per heavy atom. The predicted molar refractivity (Wildman–Crippen MR) is 76.3 cm³/mol. The molecule has 1 nitrogen and oxygen atoms in total. The molecule has 2 aromatic carbocycles. The molecule has 0 saturated carbocycles. The number of hydrogen-bond donors (Lipinski definition) is 0. The van der Waals surface area contributed by atoms with Crippen molar-refractivity contribution in [2.24, 2.45) is 0 Å². The number of benzene rings is 2. The highest BCUT2D eigenvalue weighted by Crippen LogP contribution is 2.06. The lowest BCUT2D eigenvalue weighted by atomic mass is 10.1. The third kappa shape index (κ3) is 3.56. The van der Waals surface area contributed by atoms with E-state index in [2.05, 4.69) is 18.2 Å². The first-order valence-electron chi connectivity index (χ1n) is 5.83. The maximum Gasteiger partial charge on any atom is 0.150 e. The fourth-order valence-electron chi connectivity index (χ4n) is 1.58. The summed E-state index contributed by atoms with van der Waals surface area (Å²) >= 11 is 0. The molecule has 88 valence electrons. The van der Waals surface area contributed by atoms with E-state index in [-0.39, 0.29) is 0 Å². The molecule has 0 fully saturated rings. The molecule has 0 aromatic heterocycles. The third-order valence-corrected chi connectivity index (χ3v) is 2.56. The highest BCUT2D eigenvalue weighted by atomic mass is 16.1. The summed E-state index contributed by atoms with van der Waals surface area (Å²) in [4.78, 5) is 10.5. The van der Waals surface area contributed by atoms with Gasteiger partial charge in [-0.1, -0.05) is 78.9 Å². The second-order valence-corrected chi connectivity index (χ2v) is 3.91. The van der Waals surface area contributed by atoms with Crippen molar-refractivity contribution in [1.82, 2.24) is 0 Å². The Morgan fingerprint density at radius 3 is 1.67 bits per heavy atom. The lowest BCUT2D eigenvalue weighted by molar-refractivity contribution is 0.112. The van der Waals surface area contributed by atoms with E-state index in [0.717, 1.165) is 11.8 Å². The van der Waals surface area contributed by atoms with Crippen LogP contribution >= 0.6 is 0 Å². The minimum atomic E-state index is 0.701. The lowest BCUT2D eigenvalue weighted by Crippen LogP contribution is -1.78. The van der Waals surface area contributed by atoms with E-state index in [4.69, 9.17) is 0 Å². The molecular formula is C17H14O. The van der Waals surface area contributed by atoms with Gasteiger partial charge < -0.3 is 0 Å². The normalized spacial score (nSPS) is 11.1. The molecule has 0 atom stereocenters. The van der Waals surface area contributed by atoms with Crippen LogP contribution in [-0.2, 0) is 0 Å². The van der Waals surface area contributed by atoms with Crippen molar-refractivity contribution in [3.63, 3.8) is 0 Å². The summed E-state index contributed by atoms with van der Waals surface area (Å²) in [6.45, 7) is 0. The quantitative estimate of drug-likeness (QED) is 0.571. The van der Waals surface area contributed by atoms with Crippen molar-refractivity contribution >= 4 is 18.4 Å². The van der Waals surface area contributed by atoms with Gasteiger partial charge in [0, 0.05) is 5.56 Å². The van der Waals surface area contributed by atoms with E-state index in [0.29, 0.717) is 5.56 Å². The highest BCUT2D eigenvalue weighted by molar-refractivity contribution is 5.75. The van der Waals surface area contributed by atoms with Crippen LogP contribution in [-0.4, -0.2) is 6.29 Å². The van der Waals surface area contributed by atoms with E-state index in [1.165, 1.54) is 5.56 Å². The summed E-state index contributed by atoms with van der Waals surface area (Å²) in [5, 5.41) is 0. The fourth-order valence-corrected chi connectivity index (χ4v) is 1.58. The largest absolute Gasteiger partial charge is 0.298 e. The Morgan fingerprint density at radius 1 is 0.611 bits per heavy atom. The molecule has 0 spiro atoms. The summed E-state index contributed by atoms with van der Waals surface area (Å²) in [6, 6.07) is 17.6. The van der Waals surface area contributed by atoms with E-state index in [9.17, 15) is 4.79 Å². The summed E-state index contributed by atoms with van der Waals surface area (Å²) in [5.41, 5.74) is 2.96. The number of aldehydes is 1. The standard InChI is InChI=1S/C17H14O/c18-14-17-12-10-16(11-13-17)9-5-4-8-15-6-2-1-3-7-15/h1-14H. The topological polar surface area (TPSA) is 17.1 Å². The predicted octanol–water partition coefficient (Wildman–Crippen LogP) is 4.23. The van der Waals surface area contributed by atoms with Crippen molar-refractivity contribution in [2.75, 3.05) is 0 Å². The zero-order chi connectivity index (χ0) is 12.6. The molecule has 2 aromatic rings. The molecule has 0 unspecified atom stereocenters. The smallest absolute Gasteiger partial charge is 0.150 e. The van der Waals surface area contributed by atoms with Gasteiger partial charge in [0.2, 0.25) is 0 Å². The molecule has 18 heavy (non-hydrogen) atoms. The first-order valence-corrected chi connectivity index (χ1v) is 5.83. The van der Waals surface area contributed by atoms with Crippen LogP contribution in [0.1, 0.15) is 21.5 Å². The van der Waals surface area contributed by atoms with Crippen LogP contribution < -0.4 is 0 Å². The Bertz CT molecular complexity index is 548. The van der Waals surface area contributed by atoms with Gasteiger partial charge in [0.05, 0.1) is 0 Å². The second kappa shape index (κ2) is 6.36. The molecule has 0 aliphatic heterocycles. The Balaban J connectivity index is 1.98. The second-order valence-electron chi connectivity index (χ2n) is 3.91. The van der Waals surface area contributed by atoms with E-state index < -0.39 is 0 Å². The Labute approximate surface area is 107 Å².